The third-order valence-electron chi connectivity index (χ3n) is 4.49. The van der Waals surface area contributed by atoms with E-state index < -0.39 is 11.8 Å². The Balaban J connectivity index is 1.97. The summed E-state index contributed by atoms with van der Waals surface area (Å²) in [6.45, 7) is 0. The van der Waals surface area contributed by atoms with Crippen molar-refractivity contribution >= 4 is 40.5 Å². The molecule has 7 heteroatoms. The van der Waals surface area contributed by atoms with Gasteiger partial charge in [-0.25, -0.2) is 9.18 Å². The lowest BCUT2D eigenvalue weighted by molar-refractivity contribution is -0.116. The maximum Gasteiger partial charge on any atom is 0.346 e. The van der Waals surface area contributed by atoms with Gasteiger partial charge in [-0.1, -0.05) is 41.9 Å². The third kappa shape index (κ3) is 3.11. The number of aromatic carboxylic acids is 1. The Morgan fingerprint density at radius 2 is 2.00 bits per heavy atom. The summed E-state index contributed by atoms with van der Waals surface area (Å²) in [5.41, 5.74) is 1.92. The molecule has 136 valence electrons. The van der Waals surface area contributed by atoms with E-state index in [0.29, 0.717) is 26.7 Å². The number of nitrogens with one attached hydrogen (secondary N) is 1. The number of fused-ring (bicyclic) bond motifs is 1. The van der Waals surface area contributed by atoms with Crippen molar-refractivity contribution in [3.8, 4) is 11.1 Å². The molecule has 0 aliphatic carbocycles. The van der Waals surface area contributed by atoms with E-state index in [-0.39, 0.29) is 23.1 Å². The van der Waals surface area contributed by atoms with Crippen molar-refractivity contribution in [1.82, 2.24) is 0 Å². The molecule has 0 saturated heterocycles. The van der Waals surface area contributed by atoms with Gasteiger partial charge >= 0.3 is 5.97 Å². The second-order valence-electron chi connectivity index (χ2n) is 6.19. The molecular weight excluding hydrogens is 389 g/mol. The smallest absolute Gasteiger partial charge is 0.346 e. The Kier molecular flexibility index (Phi) is 4.45. The van der Waals surface area contributed by atoms with Gasteiger partial charge in [0, 0.05) is 27.8 Å². The molecule has 1 unspecified atom stereocenters. The summed E-state index contributed by atoms with van der Waals surface area (Å²) in [5.74, 6) is -2.19. The van der Waals surface area contributed by atoms with Crippen LogP contribution in [0, 0.1) is 5.82 Å². The first-order valence-electron chi connectivity index (χ1n) is 8.16. The molecule has 0 radical (unpaired) electrons. The summed E-state index contributed by atoms with van der Waals surface area (Å²) in [6.07, 6.45) is 0.166. The minimum Gasteiger partial charge on any atom is -0.477 e. The number of anilines is 1. The predicted molar refractivity (Wildman–Crippen MR) is 103 cm³/mol. The molecular formula is C20H13ClFNO3S. The van der Waals surface area contributed by atoms with Gasteiger partial charge in [-0.3, -0.25) is 4.79 Å². The summed E-state index contributed by atoms with van der Waals surface area (Å²) >= 11 is 7.41. The Morgan fingerprint density at radius 1 is 1.22 bits per heavy atom. The number of benzene rings is 2. The van der Waals surface area contributed by atoms with Crippen LogP contribution < -0.4 is 5.32 Å². The number of carboxylic acid groups (broad SMARTS) is 1. The second kappa shape index (κ2) is 6.79. The van der Waals surface area contributed by atoms with E-state index in [0.717, 1.165) is 16.9 Å². The minimum absolute atomic E-state index is 0.0600. The zero-order valence-electron chi connectivity index (χ0n) is 13.8. The fourth-order valence-corrected chi connectivity index (χ4v) is 4.87. The lowest BCUT2D eigenvalue weighted by atomic mass is 9.88. The van der Waals surface area contributed by atoms with Gasteiger partial charge in [-0.05, 0) is 29.3 Å². The molecule has 1 amide bonds. The number of carbonyl (C=O) groups excluding carboxylic acids is 1. The summed E-state index contributed by atoms with van der Waals surface area (Å²) in [7, 11) is 0. The van der Waals surface area contributed by atoms with E-state index in [1.165, 1.54) is 18.2 Å². The van der Waals surface area contributed by atoms with Gasteiger partial charge in [-0.15, -0.1) is 11.3 Å². The summed E-state index contributed by atoms with van der Waals surface area (Å²) in [4.78, 5) is 25.0. The van der Waals surface area contributed by atoms with Crippen molar-refractivity contribution in [2.75, 3.05) is 5.32 Å². The molecule has 4 nitrogen and oxygen atoms in total. The number of rotatable bonds is 3. The topological polar surface area (TPSA) is 66.4 Å². The zero-order valence-corrected chi connectivity index (χ0v) is 15.4. The normalized spacial score (nSPS) is 15.9. The Labute approximate surface area is 163 Å². The maximum absolute atomic E-state index is 13.7. The molecule has 1 aromatic heterocycles. The number of hydrogen-bond acceptors (Lipinski definition) is 3. The molecule has 0 bridgehead atoms. The van der Waals surface area contributed by atoms with Crippen LogP contribution in [-0.2, 0) is 4.79 Å². The van der Waals surface area contributed by atoms with Crippen LogP contribution in [0.2, 0.25) is 5.02 Å². The molecule has 2 aromatic carbocycles. The maximum atomic E-state index is 13.7. The van der Waals surface area contributed by atoms with E-state index in [2.05, 4.69) is 5.32 Å². The van der Waals surface area contributed by atoms with Gasteiger partial charge in [0.15, 0.2) is 0 Å². The van der Waals surface area contributed by atoms with E-state index in [4.69, 9.17) is 11.6 Å². The van der Waals surface area contributed by atoms with Crippen molar-refractivity contribution in [3.05, 3.63) is 74.7 Å². The highest BCUT2D eigenvalue weighted by Crippen LogP contribution is 2.50. The van der Waals surface area contributed by atoms with Crippen LogP contribution in [0.1, 0.15) is 32.5 Å². The summed E-state index contributed by atoms with van der Waals surface area (Å²) in [6, 6.07) is 12.9. The van der Waals surface area contributed by atoms with Crippen LogP contribution in [-0.4, -0.2) is 17.0 Å². The average molecular weight is 402 g/mol. The monoisotopic (exact) mass is 401 g/mol. The van der Waals surface area contributed by atoms with Crippen LogP contribution >= 0.6 is 22.9 Å². The van der Waals surface area contributed by atoms with Gasteiger partial charge < -0.3 is 10.4 Å². The van der Waals surface area contributed by atoms with Crippen molar-refractivity contribution in [2.24, 2.45) is 0 Å². The highest BCUT2D eigenvalue weighted by molar-refractivity contribution is 7.15. The molecule has 1 aliphatic rings. The molecule has 0 fully saturated rings. The van der Waals surface area contributed by atoms with Gasteiger partial charge in [0.1, 0.15) is 10.7 Å². The fourth-order valence-electron chi connectivity index (χ4n) is 3.37. The van der Waals surface area contributed by atoms with Crippen LogP contribution in [0.3, 0.4) is 0 Å². The fraction of sp³-hybridized carbons (Fsp3) is 0.100. The van der Waals surface area contributed by atoms with Gasteiger partial charge in [0.2, 0.25) is 5.91 Å². The van der Waals surface area contributed by atoms with Crippen LogP contribution in [0.4, 0.5) is 10.1 Å². The lowest BCUT2D eigenvalue weighted by Crippen LogP contribution is -2.22. The number of amides is 1. The molecule has 1 aliphatic heterocycles. The van der Waals surface area contributed by atoms with Gasteiger partial charge in [0.25, 0.3) is 0 Å². The van der Waals surface area contributed by atoms with Crippen molar-refractivity contribution in [1.29, 1.82) is 0 Å². The minimum atomic E-state index is -1.12. The van der Waals surface area contributed by atoms with E-state index in [1.54, 1.807) is 18.2 Å². The first-order chi connectivity index (χ1) is 13.0. The third-order valence-corrected chi connectivity index (χ3v) is 6.13. The molecule has 0 saturated carbocycles. The Morgan fingerprint density at radius 3 is 2.70 bits per heavy atom. The van der Waals surface area contributed by atoms with Gasteiger partial charge in [0.05, 0.1) is 5.69 Å². The molecule has 1 atom stereocenters. The molecule has 27 heavy (non-hydrogen) atoms. The molecule has 3 aromatic rings. The van der Waals surface area contributed by atoms with Crippen molar-refractivity contribution in [2.45, 2.75) is 12.3 Å². The van der Waals surface area contributed by atoms with Gasteiger partial charge in [-0.2, -0.15) is 0 Å². The summed E-state index contributed by atoms with van der Waals surface area (Å²) in [5, 5.41) is 13.0. The second-order valence-corrected chi connectivity index (χ2v) is 7.65. The van der Waals surface area contributed by atoms with E-state index >= 15 is 0 Å². The number of carbonyl (C=O) groups is 2. The average Bonchev–Trinajstić information content (AvgIpc) is 3.01. The predicted octanol–water partition coefficient (Wildman–Crippen LogP) is 5.38. The van der Waals surface area contributed by atoms with E-state index in [9.17, 15) is 19.1 Å². The Hall–Kier alpha value is -2.70. The number of hydrogen-bond donors (Lipinski definition) is 2. The zero-order chi connectivity index (χ0) is 19.1. The Bertz CT molecular complexity index is 1080. The number of carboxylic acids is 1. The number of halogens is 2. The largest absolute Gasteiger partial charge is 0.477 e. The molecule has 2 heterocycles. The molecule has 4 rings (SSSR count). The molecule has 0 spiro atoms. The SMILES string of the molecule is O=C1CC(c2ccccc2Cl)c2sc(C(=O)O)c(-c3cccc(F)c3)c2N1. The highest BCUT2D eigenvalue weighted by Gasteiger charge is 2.35. The summed E-state index contributed by atoms with van der Waals surface area (Å²) < 4.78 is 13.7. The molecule has 2 N–H and O–H groups in total. The van der Waals surface area contributed by atoms with E-state index in [1.807, 2.05) is 12.1 Å². The first-order valence-corrected chi connectivity index (χ1v) is 9.35. The van der Waals surface area contributed by atoms with Crippen LogP contribution in [0.25, 0.3) is 11.1 Å². The highest BCUT2D eigenvalue weighted by atomic mass is 35.5. The lowest BCUT2D eigenvalue weighted by Gasteiger charge is -2.24. The van der Waals surface area contributed by atoms with Crippen LogP contribution in [0.15, 0.2) is 48.5 Å². The van der Waals surface area contributed by atoms with Crippen LogP contribution in [0.5, 0.6) is 0 Å². The number of thiophene rings is 1. The van der Waals surface area contributed by atoms with Crippen molar-refractivity contribution < 1.29 is 19.1 Å². The van der Waals surface area contributed by atoms with Crippen molar-refractivity contribution in [3.63, 3.8) is 0 Å². The first kappa shape index (κ1) is 17.7. The standard InChI is InChI=1S/C20H13ClFNO3S/c21-14-7-2-1-6-12(14)13-9-15(24)23-17-16(10-4-3-5-11(22)8-10)19(20(25)26)27-18(13)17/h1-8,13H,9H2,(H,23,24)(H,25,26). The quantitative estimate of drug-likeness (QED) is 0.619.